The second kappa shape index (κ2) is 3.98. The van der Waals surface area contributed by atoms with E-state index in [1.165, 1.54) is 5.56 Å². The largest absolute Gasteiger partial charge is 0.486 e. The predicted octanol–water partition coefficient (Wildman–Crippen LogP) is 2.26. The van der Waals surface area contributed by atoms with E-state index >= 15 is 0 Å². The number of hydrogen-bond donors (Lipinski definition) is 0. The highest BCUT2D eigenvalue weighted by Gasteiger charge is 2.42. The van der Waals surface area contributed by atoms with E-state index in [4.69, 9.17) is 4.74 Å². The molecule has 3 rings (SSSR count). The van der Waals surface area contributed by atoms with E-state index in [2.05, 4.69) is 23.7 Å². The average molecular weight is 232 g/mol. The van der Waals surface area contributed by atoms with E-state index in [-0.39, 0.29) is 5.60 Å². The van der Waals surface area contributed by atoms with Gasteiger partial charge < -0.3 is 9.64 Å². The number of rotatable bonds is 1. The number of aromatic nitrogens is 1. The predicted molar refractivity (Wildman–Crippen MR) is 67.2 cm³/mol. The van der Waals surface area contributed by atoms with E-state index in [0.717, 1.165) is 38.1 Å². The lowest BCUT2D eigenvalue weighted by Crippen LogP contribution is -2.49. The third-order valence-electron chi connectivity index (χ3n) is 4.14. The lowest BCUT2D eigenvalue weighted by atomic mass is 9.87. The van der Waals surface area contributed by atoms with Gasteiger partial charge in [-0.25, -0.2) is 0 Å². The van der Waals surface area contributed by atoms with Crippen LogP contribution in [-0.4, -0.2) is 34.6 Å². The molecule has 0 bridgehead atoms. The van der Waals surface area contributed by atoms with Crippen LogP contribution in [0.25, 0.3) is 0 Å². The molecule has 3 heteroatoms. The van der Waals surface area contributed by atoms with E-state index < -0.39 is 0 Å². The summed E-state index contributed by atoms with van der Waals surface area (Å²) in [4.78, 5) is 6.72. The maximum Gasteiger partial charge on any atom is 0.126 e. The van der Waals surface area contributed by atoms with Crippen molar-refractivity contribution < 1.29 is 4.74 Å². The summed E-state index contributed by atoms with van der Waals surface area (Å²) in [7, 11) is 0. The zero-order chi connectivity index (χ0) is 11.9. The van der Waals surface area contributed by atoms with Crippen LogP contribution in [0.5, 0.6) is 5.75 Å². The zero-order valence-electron chi connectivity index (χ0n) is 10.6. The van der Waals surface area contributed by atoms with Crippen molar-refractivity contribution in [2.24, 2.45) is 0 Å². The van der Waals surface area contributed by atoms with Crippen molar-refractivity contribution >= 4 is 0 Å². The summed E-state index contributed by atoms with van der Waals surface area (Å²) in [6.07, 6.45) is 7.10. The monoisotopic (exact) mass is 232 g/mol. The molecule has 0 aliphatic carbocycles. The van der Waals surface area contributed by atoms with E-state index in [0.29, 0.717) is 6.04 Å². The molecule has 0 amide bonds. The molecule has 0 radical (unpaired) electrons. The Balaban J connectivity index is 1.72. The molecule has 17 heavy (non-hydrogen) atoms. The van der Waals surface area contributed by atoms with Crippen LogP contribution in [0.1, 0.15) is 32.3 Å². The smallest absolute Gasteiger partial charge is 0.126 e. The molecular weight excluding hydrogens is 212 g/mol. The van der Waals surface area contributed by atoms with Crippen LogP contribution >= 0.6 is 0 Å². The second-order valence-corrected chi connectivity index (χ2v) is 5.57. The van der Waals surface area contributed by atoms with Gasteiger partial charge in [-0.2, -0.15) is 0 Å². The topological polar surface area (TPSA) is 25.4 Å². The first-order valence-corrected chi connectivity index (χ1v) is 6.54. The molecule has 1 fully saturated rings. The first kappa shape index (κ1) is 11.0. The van der Waals surface area contributed by atoms with Gasteiger partial charge in [-0.1, -0.05) is 0 Å². The average Bonchev–Trinajstić information content (AvgIpc) is 2.67. The molecule has 0 aromatic carbocycles. The first-order valence-electron chi connectivity index (χ1n) is 6.54. The number of pyridine rings is 1. The second-order valence-electron chi connectivity index (χ2n) is 5.57. The minimum atomic E-state index is 0.0662. The molecule has 0 atom stereocenters. The van der Waals surface area contributed by atoms with Gasteiger partial charge in [0.25, 0.3) is 0 Å². The summed E-state index contributed by atoms with van der Waals surface area (Å²) in [5.74, 6) is 1.05. The zero-order valence-corrected chi connectivity index (χ0v) is 10.6. The molecule has 2 aliphatic rings. The summed E-state index contributed by atoms with van der Waals surface area (Å²) in [6.45, 7) is 6.84. The summed E-state index contributed by atoms with van der Waals surface area (Å²) in [5.41, 5.74) is 1.35. The highest BCUT2D eigenvalue weighted by molar-refractivity contribution is 5.36. The van der Waals surface area contributed by atoms with Gasteiger partial charge in [0.2, 0.25) is 0 Å². The van der Waals surface area contributed by atoms with Gasteiger partial charge in [0, 0.05) is 56.4 Å². The van der Waals surface area contributed by atoms with E-state index in [9.17, 15) is 0 Å². The molecule has 1 aromatic rings. The summed E-state index contributed by atoms with van der Waals surface area (Å²) in [6, 6.07) is 2.65. The minimum absolute atomic E-state index is 0.0662. The van der Waals surface area contributed by atoms with Gasteiger partial charge in [0.05, 0.1) is 0 Å². The van der Waals surface area contributed by atoms with Crippen molar-refractivity contribution in [1.29, 1.82) is 0 Å². The minimum Gasteiger partial charge on any atom is -0.486 e. The highest BCUT2D eigenvalue weighted by atomic mass is 16.5. The van der Waals surface area contributed by atoms with E-state index in [1.54, 1.807) is 0 Å². The molecule has 1 saturated heterocycles. The Morgan fingerprint density at radius 1 is 1.35 bits per heavy atom. The lowest BCUT2D eigenvalue weighted by molar-refractivity contribution is 0.0103. The van der Waals surface area contributed by atoms with Gasteiger partial charge >= 0.3 is 0 Å². The van der Waals surface area contributed by atoms with Crippen molar-refractivity contribution in [3.05, 3.63) is 24.0 Å². The fourth-order valence-electron chi connectivity index (χ4n) is 2.99. The molecular formula is C14H20N2O. The first-order chi connectivity index (χ1) is 8.19. The molecule has 2 aliphatic heterocycles. The van der Waals surface area contributed by atoms with Crippen LogP contribution in [0.4, 0.5) is 0 Å². The van der Waals surface area contributed by atoms with Gasteiger partial charge in [-0.15, -0.1) is 0 Å². The maximum absolute atomic E-state index is 6.20. The van der Waals surface area contributed by atoms with Crippen LogP contribution in [0.2, 0.25) is 0 Å². The van der Waals surface area contributed by atoms with Crippen molar-refractivity contribution in [2.45, 2.75) is 44.8 Å². The SMILES string of the molecule is CC(C)N1CCC2(CC1)Cc1cnccc1O2. The fraction of sp³-hybridized carbons (Fsp3) is 0.643. The summed E-state index contributed by atoms with van der Waals surface area (Å²) >= 11 is 0. The quantitative estimate of drug-likeness (QED) is 0.742. The standard InChI is InChI=1S/C14H20N2O/c1-11(2)16-7-4-14(5-8-16)9-12-10-15-6-3-13(12)17-14/h3,6,10-11H,4-5,7-9H2,1-2H3. The van der Waals surface area contributed by atoms with Crippen molar-refractivity contribution in [2.75, 3.05) is 13.1 Å². The Labute approximate surface area is 103 Å². The van der Waals surface area contributed by atoms with Crippen LogP contribution in [0.15, 0.2) is 18.5 Å². The molecule has 0 N–H and O–H groups in total. The third kappa shape index (κ3) is 1.93. The van der Waals surface area contributed by atoms with Crippen LogP contribution < -0.4 is 4.74 Å². The number of likely N-dealkylation sites (tertiary alicyclic amines) is 1. The Morgan fingerprint density at radius 2 is 2.12 bits per heavy atom. The van der Waals surface area contributed by atoms with Gasteiger partial charge in [-0.05, 0) is 19.9 Å². The normalized spacial score (nSPS) is 22.8. The summed E-state index contributed by atoms with van der Waals surface area (Å²) in [5, 5.41) is 0. The molecule has 0 saturated carbocycles. The fourth-order valence-corrected chi connectivity index (χ4v) is 2.99. The number of fused-ring (bicyclic) bond motifs is 1. The third-order valence-corrected chi connectivity index (χ3v) is 4.14. The van der Waals surface area contributed by atoms with Gasteiger partial charge in [-0.3, -0.25) is 4.98 Å². The molecule has 3 nitrogen and oxygen atoms in total. The number of nitrogens with zero attached hydrogens (tertiary/aromatic N) is 2. The number of hydrogen-bond acceptors (Lipinski definition) is 3. The Morgan fingerprint density at radius 3 is 2.76 bits per heavy atom. The van der Waals surface area contributed by atoms with Crippen molar-refractivity contribution in [3.63, 3.8) is 0 Å². The molecule has 92 valence electrons. The Kier molecular flexibility index (Phi) is 2.58. The Bertz CT molecular complexity index is 381. The Hall–Kier alpha value is -1.09. The molecule has 1 aromatic heterocycles. The van der Waals surface area contributed by atoms with Gasteiger partial charge in [0.1, 0.15) is 11.4 Å². The van der Waals surface area contributed by atoms with Crippen LogP contribution in [0, 0.1) is 0 Å². The van der Waals surface area contributed by atoms with Crippen molar-refractivity contribution in [1.82, 2.24) is 9.88 Å². The molecule has 3 heterocycles. The maximum atomic E-state index is 6.20. The molecule has 1 spiro atoms. The number of piperidine rings is 1. The van der Waals surface area contributed by atoms with E-state index in [1.807, 2.05) is 18.5 Å². The lowest BCUT2D eigenvalue weighted by Gasteiger charge is -2.40. The highest BCUT2D eigenvalue weighted by Crippen LogP contribution is 2.40. The van der Waals surface area contributed by atoms with Crippen molar-refractivity contribution in [3.8, 4) is 5.75 Å². The molecule has 0 unspecified atom stereocenters. The van der Waals surface area contributed by atoms with Crippen LogP contribution in [0.3, 0.4) is 0 Å². The van der Waals surface area contributed by atoms with Crippen LogP contribution in [-0.2, 0) is 6.42 Å². The van der Waals surface area contributed by atoms with Gasteiger partial charge in [0.15, 0.2) is 0 Å². The number of ether oxygens (including phenoxy) is 1. The summed E-state index contributed by atoms with van der Waals surface area (Å²) < 4.78 is 6.20.